The van der Waals surface area contributed by atoms with E-state index in [2.05, 4.69) is 21.2 Å². The average Bonchev–Trinajstić information content (AvgIpc) is 3.09. The first-order chi connectivity index (χ1) is 14.7. The Morgan fingerprint density at radius 2 is 1.81 bits per heavy atom. The molecule has 2 aliphatic heterocycles. The monoisotopic (exact) mass is 448 g/mol. The number of aromatic nitrogens is 4. The molecule has 6 rings (SSSR count). The van der Waals surface area contributed by atoms with Gasteiger partial charge in [0.05, 0.1) is 17.4 Å². The molecule has 0 spiro atoms. The Kier molecular flexibility index (Phi) is 3.87. The minimum absolute atomic E-state index is 0.277. The summed E-state index contributed by atoms with van der Waals surface area (Å²) in [7, 11) is -2.12. The van der Waals surface area contributed by atoms with Crippen LogP contribution in [0.3, 0.4) is 0 Å². The Bertz CT molecular complexity index is 1270. The second kappa shape index (κ2) is 6.26. The van der Waals surface area contributed by atoms with Crippen molar-refractivity contribution in [2.24, 2.45) is 7.05 Å². The molecule has 1 saturated carbocycles. The van der Waals surface area contributed by atoms with Crippen LogP contribution in [0.15, 0.2) is 36.9 Å². The molecule has 0 radical (unpaired) electrons. The molecule has 164 valence electrons. The molecule has 1 aliphatic carbocycles. The molecule has 2 unspecified atom stereocenters. The van der Waals surface area contributed by atoms with Gasteiger partial charge in [-0.05, 0) is 25.0 Å². The zero-order chi connectivity index (χ0) is 21.5. The number of alkyl halides is 2. The molecular weight excluding hydrogens is 426 g/mol. The quantitative estimate of drug-likeness (QED) is 0.611. The molecule has 8 nitrogen and oxygen atoms in total. The number of fused-ring (bicyclic) bond motifs is 3. The van der Waals surface area contributed by atoms with Crippen molar-refractivity contribution in [1.82, 2.24) is 23.7 Å². The molecule has 2 saturated heterocycles. The summed E-state index contributed by atoms with van der Waals surface area (Å²) in [5, 5.41) is 7.10. The van der Waals surface area contributed by atoms with Crippen LogP contribution in [0.2, 0.25) is 0 Å². The predicted molar refractivity (Wildman–Crippen MR) is 111 cm³/mol. The lowest BCUT2D eigenvalue weighted by Gasteiger charge is -2.41. The fourth-order valence-electron chi connectivity index (χ4n) is 5.13. The van der Waals surface area contributed by atoms with Gasteiger partial charge in [-0.15, -0.1) is 0 Å². The molecule has 5 heterocycles. The van der Waals surface area contributed by atoms with E-state index in [-0.39, 0.29) is 12.1 Å². The highest BCUT2D eigenvalue weighted by Gasteiger charge is 2.67. The molecule has 2 bridgehead atoms. The molecule has 3 aromatic rings. The number of anilines is 1. The summed E-state index contributed by atoms with van der Waals surface area (Å²) in [6.45, 7) is 0.974. The Morgan fingerprint density at radius 1 is 1.10 bits per heavy atom. The van der Waals surface area contributed by atoms with E-state index in [1.807, 2.05) is 30.0 Å². The van der Waals surface area contributed by atoms with Crippen LogP contribution in [0.4, 0.5) is 14.5 Å². The van der Waals surface area contributed by atoms with Crippen molar-refractivity contribution < 1.29 is 17.2 Å². The molecule has 3 fully saturated rings. The minimum Gasteiger partial charge on any atom is -0.367 e. The first kappa shape index (κ1) is 19.2. The van der Waals surface area contributed by atoms with Crippen LogP contribution in [0, 0.1) is 0 Å². The van der Waals surface area contributed by atoms with Crippen molar-refractivity contribution >= 4 is 21.2 Å². The van der Waals surface area contributed by atoms with Gasteiger partial charge in [-0.2, -0.15) is 14.5 Å². The highest BCUT2D eigenvalue weighted by Crippen LogP contribution is 2.50. The summed E-state index contributed by atoms with van der Waals surface area (Å²) < 4.78 is 57.7. The van der Waals surface area contributed by atoms with E-state index in [1.165, 1.54) is 4.31 Å². The summed E-state index contributed by atoms with van der Waals surface area (Å²) in [5.74, 6) is -3.08. The third kappa shape index (κ3) is 2.89. The minimum atomic E-state index is -3.98. The van der Waals surface area contributed by atoms with Gasteiger partial charge in [0, 0.05) is 68.4 Å². The van der Waals surface area contributed by atoms with Crippen LogP contribution in [0.25, 0.3) is 16.6 Å². The number of aryl methyl sites for hydroxylation is 1. The Hall–Kier alpha value is -2.53. The fourth-order valence-corrected chi connectivity index (χ4v) is 7.47. The third-order valence-corrected chi connectivity index (χ3v) is 9.12. The van der Waals surface area contributed by atoms with Crippen molar-refractivity contribution in [2.45, 2.75) is 42.5 Å². The largest absolute Gasteiger partial charge is 0.367 e. The summed E-state index contributed by atoms with van der Waals surface area (Å²) in [6, 6.07) is 3.43. The zero-order valence-corrected chi connectivity index (χ0v) is 17.7. The van der Waals surface area contributed by atoms with Crippen LogP contribution < -0.4 is 4.90 Å². The van der Waals surface area contributed by atoms with E-state index >= 15 is 0 Å². The van der Waals surface area contributed by atoms with E-state index in [0.29, 0.717) is 25.9 Å². The maximum atomic E-state index is 13.5. The van der Waals surface area contributed by atoms with Gasteiger partial charge in [-0.1, -0.05) is 0 Å². The number of halogens is 2. The normalized spacial score (nSPS) is 27.8. The second-order valence-electron chi connectivity index (χ2n) is 8.80. The highest BCUT2D eigenvalue weighted by molar-refractivity contribution is 7.90. The van der Waals surface area contributed by atoms with E-state index in [1.54, 1.807) is 17.1 Å². The van der Waals surface area contributed by atoms with E-state index in [4.69, 9.17) is 0 Å². The van der Waals surface area contributed by atoms with Crippen molar-refractivity contribution in [1.29, 1.82) is 0 Å². The van der Waals surface area contributed by atoms with E-state index in [0.717, 1.165) is 22.3 Å². The molecule has 3 aromatic heterocycles. The van der Waals surface area contributed by atoms with Crippen molar-refractivity contribution in [3.05, 3.63) is 36.9 Å². The maximum Gasteiger partial charge on any atom is 0.267 e. The van der Waals surface area contributed by atoms with E-state index < -0.39 is 27.6 Å². The lowest BCUT2D eigenvalue weighted by molar-refractivity contribution is 0.120. The number of nitrogens with zero attached hydrogens (tertiary/aromatic N) is 6. The smallest absolute Gasteiger partial charge is 0.267 e. The van der Waals surface area contributed by atoms with Gasteiger partial charge in [0.25, 0.3) is 5.92 Å². The van der Waals surface area contributed by atoms with Gasteiger partial charge in [-0.3, -0.25) is 4.68 Å². The maximum absolute atomic E-state index is 13.5. The van der Waals surface area contributed by atoms with Gasteiger partial charge >= 0.3 is 0 Å². The van der Waals surface area contributed by atoms with Crippen LogP contribution >= 0.6 is 0 Å². The molecule has 3 atom stereocenters. The Morgan fingerprint density at radius 3 is 2.42 bits per heavy atom. The SMILES string of the molecule is Cn1cc(-c2cc3c(N4CC5CCC(C4)N5S(=O)(=O)[C@@H]4CC4(F)F)ccnn3c2)cn1. The first-order valence-corrected chi connectivity index (χ1v) is 11.9. The molecule has 0 N–H and O–H groups in total. The molecule has 11 heteroatoms. The average molecular weight is 448 g/mol. The molecule has 0 amide bonds. The van der Waals surface area contributed by atoms with Gasteiger partial charge in [0.2, 0.25) is 10.0 Å². The Labute approximate surface area is 178 Å². The number of sulfonamides is 1. The summed E-state index contributed by atoms with van der Waals surface area (Å²) in [6.07, 6.45) is 8.24. The van der Waals surface area contributed by atoms with Crippen LogP contribution in [-0.2, 0) is 17.1 Å². The standard InChI is InChI=1S/C20H22F2N6O2S/c1-25-9-14(8-24-25)13-6-18-17(4-5-23-27(18)10-13)26-11-15-2-3-16(12-26)28(15)31(29,30)19-7-20(19,21)22/h4-6,8-10,15-16,19H,2-3,7,11-12H2,1H3/t15?,16?,19-/m1/s1. The van der Waals surface area contributed by atoms with Crippen LogP contribution in [-0.4, -0.2) is 68.5 Å². The van der Waals surface area contributed by atoms with Crippen molar-refractivity contribution in [3.63, 3.8) is 0 Å². The Balaban J connectivity index is 1.32. The molecule has 0 aromatic carbocycles. The summed E-state index contributed by atoms with van der Waals surface area (Å²) >= 11 is 0. The first-order valence-electron chi connectivity index (χ1n) is 10.4. The van der Waals surface area contributed by atoms with E-state index in [9.17, 15) is 17.2 Å². The lowest BCUT2D eigenvalue weighted by atomic mass is 10.2. The van der Waals surface area contributed by atoms with Gasteiger partial charge in [0.1, 0.15) is 5.25 Å². The molecular formula is C20H22F2N6O2S. The number of hydrogen-bond acceptors (Lipinski definition) is 5. The zero-order valence-electron chi connectivity index (χ0n) is 16.9. The highest BCUT2D eigenvalue weighted by atomic mass is 32.2. The number of piperazine rings is 1. The fraction of sp³-hybridized carbons (Fsp3) is 0.500. The summed E-state index contributed by atoms with van der Waals surface area (Å²) in [4.78, 5) is 2.17. The van der Waals surface area contributed by atoms with Gasteiger partial charge < -0.3 is 4.90 Å². The molecule has 31 heavy (non-hydrogen) atoms. The lowest BCUT2D eigenvalue weighted by Crippen LogP contribution is -2.57. The van der Waals surface area contributed by atoms with Gasteiger partial charge in [0.15, 0.2) is 0 Å². The second-order valence-corrected chi connectivity index (χ2v) is 10.8. The number of hydrogen-bond donors (Lipinski definition) is 0. The third-order valence-electron chi connectivity index (χ3n) is 6.70. The van der Waals surface area contributed by atoms with Crippen LogP contribution in [0.1, 0.15) is 19.3 Å². The summed E-state index contributed by atoms with van der Waals surface area (Å²) in [5.41, 5.74) is 3.87. The topological polar surface area (TPSA) is 75.7 Å². The molecule has 3 aliphatic rings. The number of rotatable bonds is 4. The van der Waals surface area contributed by atoms with Gasteiger partial charge in [-0.25, -0.2) is 21.7 Å². The predicted octanol–water partition coefficient (Wildman–Crippen LogP) is 2.13. The van der Waals surface area contributed by atoms with Crippen molar-refractivity contribution in [3.8, 4) is 11.1 Å². The van der Waals surface area contributed by atoms with Crippen LogP contribution in [0.5, 0.6) is 0 Å². The van der Waals surface area contributed by atoms with Crippen molar-refractivity contribution in [2.75, 3.05) is 18.0 Å².